The molecule has 2 amide bonds. The van der Waals surface area contributed by atoms with Crippen molar-refractivity contribution in [1.82, 2.24) is 0 Å². The summed E-state index contributed by atoms with van der Waals surface area (Å²) in [5.74, 6) is -0.770. The SMILES string of the molecule is Cc1ccc(Cl)cc1NC(=O)CC(=O)Nc1cccc(Br)c1. The van der Waals surface area contributed by atoms with E-state index in [0.717, 1.165) is 10.0 Å². The number of benzene rings is 2. The molecule has 0 saturated heterocycles. The summed E-state index contributed by atoms with van der Waals surface area (Å²) in [5.41, 5.74) is 2.11. The molecule has 0 fully saturated rings. The van der Waals surface area contributed by atoms with Crippen molar-refractivity contribution in [3.63, 3.8) is 0 Å². The largest absolute Gasteiger partial charge is 0.326 e. The van der Waals surface area contributed by atoms with Gasteiger partial charge in [0.25, 0.3) is 0 Å². The standard InChI is InChI=1S/C16H14BrClN2O2/c1-10-5-6-12(18)8-14(10)20-16(22)9-15(21)19-13-4-2-3-11(17)7-13/h2-8H,9H2,1H3,(H,19,21)(H,20,22). The van der Waals surface area contributed by atoms with Gasteiger partial charge in [0.15, 0.2) is 0 Å². The summed E-state index contributed by atoms with van der Waals surface area (Å²) in [4.78, 5) is 23.8. The fraction of sp³-hybridized carbons (Fsp3) is 0.125. The van der Waals surface area contributed by atoms with Gasteiger partial charge in [-0.2, -0.15) is 0 Å². The van der Waals surface area contributed by atoms with Crippen LogP contribution in [0.4, 0.5) is 11.4 Å². The summed E-state index contributed by atoms with van der Waals surface area (Å²) in [5, 5.41) is 5.88. The molecule has 0 heterocycles. The van der Waals surface area contributed by atoms with Crippen LogP contribution < -0.4 is 10.6 Å². The monoisotopic (exact) mass is 380 g/mol. The number of rotatable bonds is 4. The predicted molar refractivity (Wildman–Crippen MR) is 92.2 cm³/mol. The van der Waals surface area contributed by atoms with Crippen molar-refractivity contribution < 1.29 is 9.59 Å². The summed E-state index contributed by atoms with van der Waals surface area (Å²) >= 11 is 9.21. The smallest absolute Gasteiger partial charge is 0.233 e. The number of aryl methyl sites for hydroxylation is 1. The molecule has 0 unspecified atom stereocenters. The number of amides is 2. The molecule has 2 rings (SSSR count). The van der Waals surface area contributed by atoms with Crippen LogP contribution in [-0.2, 0) is 9.59 Å². The van der Waals surface area contributed by atoms with Crippen LogP contribution in [-0.4, -0.2) is 11.8 Å². The maximum atomic E-state index is 11.9. The average Bonchev–Trinajstić information content (AvgIpc) is 2.42. The van der Waals surface area contributed by atoms with Crippen LogP contribution in [0.5, 0.6) is 0 Å². The van der Waals surface area contributed by atoms with E-state index in [4.69, 9.17) is 11.6 Å². The van der Waals surface area contributed by atoms with Crippen molar-refractivity contribution in [1.29, 1.82) is 0 Å². The van der Waals surface area contributed by atoms with Crippen LogP contribution >= 0.6 is 27.5 Å². The molecule has 114 valence electrons. The molecule has 0 aromatic heterocycles. The zero-order valence-corrected chi connectivity index (χ0v) is 14.2. The number of hydrogen-bond acceptors (Lipinski definition) is 2. The molecular weight excluding hydrogens is 368 g/mol. The van der Waals surface area contributed by atoms with Crippen molar-refractivity contribution in [2.75, 3.05) is 10.6 Å². The quantitative estimate of drug-likeness (QED) is 0.772. The lowest BCUT2D eigenvalue weighted by Crippen LogP contribution is -2.21. The maximum Gasteiger partial charge on any atom is 0.233 e. The van der Waals surface area contributed by atoms with Crippen LogP contribution in [0, 0.1) is 6.92 Å². The molecule has 0 bridgehead atoms. The van der Waals surface area contributed by atoms with E-state index in [1.807, 2.05) is 13.0 Å². The highest BCUT2D eigenvalue weighted by Crippen LogP contribution is 2.20. The average molecular weight is 382 g/mol. The topological polar surface area (TPSA) is 58.2 Å². The molecule has 22 heavy (non-hydrogen) atoms. The van der Waals surface area contributed by atoms with E-state index in [-0.39, 0.29) is 12.3 Å². The molecule has 2 aromatic carbocycles. The minimum absolute atomic E-state index is 0.265. The zero-order chi connectivity index (χ0) is 16.1. The first-order valence-electron chi connectivity index (χ1n) is 6.55. The second-order valence-corrected chi connectivity index (χ2v) is 6.09. The summed E-state index contributed by atoms with van der Waals surface area (Å²) in [6.45, 7) is 1.85. The Morgan fingerprint density at radius 2 is 1.82 bits per heavy atom. The lowest BCUT2D eigenvalue weighted by molar-refractivity contribution is -0.123. The van der Waals surface area contributed by atoms with E-state index in [1.54, 1.807) is 36.4 Å². The zero-order valence-electron chi connectivity index (χ0n) is 11.8. The number of nitrogens with one attached hydrogen (secondary N) is 2. The van der Waals surface area contributed by atoms with E-state index in [9.17, 15) is 9.59 Å². The van der Waals surface area contributed by atoms with E-state index in [1.165, 1.54) is 0 Å². The summed E-state index contributed by atoms with van der Waals surface area (Å²) < 4.78 is 0.851. The lowest BCUT2D eigenvalue weighted by Gasteiger charge is -2.09. The van der Waals surface area contributed by atoms with Crippen LogP contribution in [0.2, 0.25) is 5.02 Å². The Morgan fingerprint density at radius 1 is 1.09 bits per heavy atom. The van der Waals surface area contributed by atoms with E-state index in [0.29, 0.717) is 16.4 Å². The molecule has 0 saturated carbocycles. The van der Waals surface area contributed by atoms with E-state index >= 15 is 0 Å². The van der Waals surface area contributed by atoms with Crippen molar-refractivity contribution >= 4 is 50.7 Å². The molecule has 0 aliphatic carbocycles. The molecule has 0 aliphatic heterocycles. The Balaban J connectivity index is 1.94. The third-order valence-electron chi connectivity index (χ3n) is 2.90. The van der Waals surface area contributed by atoms with Gasteiger partial charge in [-0.25, -0.2) is 0 Å². The first kappa shape index (κ1) is 16.5. The fourth-order valence-corrected chi connectivity index (χ4v) is 2.41. The Labute approximate surface area is 142 Å². The Bertz CT molecular complexity index is 719. The molecule has 2 aromatic rings. The number of hydrogen-bond donors (Lipinski definition) is 2. The van der Waals surface area contributed by atoms with E-state index in [2.05, 4.69) is 26.6 Å². The van der Waals surface area contributed by atoms with Crippen LogP contribution in [0.1, 0.15) is 12.0 Å². The molecule has 4 nitrogen and oxygen atoms in total. The molecule has 2 N–H and O–H groups in total. The normalized spacial score (nSPS) is 10.1. The summed E-state index contributed by atoms with van der Waals surface area (Å²) in [6, 6.07) is 12.4. The summed E-state index contributed by atoms with van der Waals surface area (Å²) in [6.07, 6.45) is -0.265. The Hall–Kier alpha value is -1.85. The molecule has 0 aliphatic rings. The van der Waals surface area contributed by atoms with Crippen molar-refractivity contribution in [3.8, 4) is 0 Å². The second kappa shape index (κ2) is 7.42. The van der Waals surface area contributed by atoms with Gasteiger partial charge in [-0.05, 0) is 42.8 Å². The highest BCUT2D eigenvalue weighted by molar-refractivity contribution is 9.10. The molecule has 0 radical (unpaired) electrons. The predicted octanol–water partition coefficient (Wildman–Crippen LogP) is 4.38. The third kappa shape index (κ3) is 4.86. The molecule has 6 heteroatoms. The fourth-order valence-electron chi connectivity index (χ4n) is 1.84. The minimum Gasteiger partial charge on any atom is -0.326 e. The van der Waals surface area contributed by atoms with Crippen LogP contribution in [0.25, 0.3) is 0 Å². The lowest BCUT2D eigenvalue weighted by atomic mass is 10.2. The van der Waals surface area contributed by atoms with Crippen LogP contribution in [0.3, 0.4) is 0 Å². The molecular formula is C16H14BrClN2O2. The van der Waals surface area contributed by atoms with Gasteiger partial charge >= 0.3 is 0 Å². The second-order valence-electron chi connectivity index (χ2n) is 4.74. The Kier molecular flexibility index (Phi) is 5.57. The van der Waals surface area contributed by atoms with Crippen molar-refractivity contribution in [3.05, 3.63) is 57.5 Å². The van der Waals surface area contributed by atoms with Gasteiger partial charge < -0.3 is 10.6 Å². The van der Waals surface area contributed by atoms with Gasteiger partial charge in [-0.1, -0.05) is 39.7 Å². The Morgan fingerprint density at radius 3 is 2.55 bits per heavy atom. The molecule has 0 atom stereocenters. The molecule has 0 spiro atoms. The number of anilines is 2. The minimum atomic E-state index is -0.391. The first-order valence-corrected chi connectivity index (χ1v) is 7.72. The number of carbonyl (C=O) groups is 2. The van der Waals surface area contributed by atoms with Crippen molar-refractivity contribution in [2.45, 2.75) is 13.3 Å². The van der Waals surface area contributed by atoms with Crippen LogP contribution in [0.15, 0.2) is 46.9 Å². The first-order chi connectivity index (χ1) is 10.4. The third-order valence-corrected chi connectivity index (χ3v) is 3.63. The van der Waals surface area contributed by atoms with Gasteiger partial charge in [0.2, 0.25) is 11.8 Å². The highest BCUT2D eigenvalue weighted by atomic mass is 79.9. The summed E-state index contributed by atoms with van der Waals surface area (Å²) in [7, 11) is 0. The van der Waals surface area contributed by atoms with Gasteiger partial charge in [0.05, 0.1) is 0 Å². The van der Waals surface area contributed by atoms with Gasteiger partial charge in [-0.15, -0.1) is 0 Å². The van der Waals surface area contributed by atoms with Gasteiger partial charge in [0.1, 0.15) is 6.42 Å². The van der Waals surface area contributed by atoms with Gasteiger partial charge in [0, 0.05) is 20.9 Å². The number of carbonyl (C=O) groups excluding carboxylic acids is 2. The van der Waals surface area contributed by atoms with Gasteiger partial charge in [-0.3, -0.25) is 9.59 Å². The maximum absolute atomic E-state index is 11.9. The van der Waals surface area contributed by atoms with E-state index < -0.39 is 5.91 Å². The number of halogens is 2. The highest BCUT2D eigenvalue weighted by Gasteiger charge is 2.11. The van der Waals surface area contributed by atoms with Crippen molar-refractivity contribution in [2.24, 2.45) is 0 Å².